The van der Waals surface area contributed by atoms with Gasteiger partial charge in [-0.3, -0.25) is 14.4 Å². The summed E-state index contributed by atoms with van der Waals surface area (Å²) in [6, 6.07) is -2.18. The van der Waals surface area contributed by atoms with Gasteiger partial charge in [0.1, 0.15) is 12.1 Å². The van der Waals surface area contributed by atoms with E-state index in [-0.39, 0.29) is 6.61 Å². The highest BCUT2D eigenvalue weighted by Crippen LogP contribution is 1.93. The van der Waals surface area contributed by atoms with E-state index < -0.39 is 35.8 Å². The van der Waals surface area contributed by atoms with Crippen LogP contribution in [-0.4, -0.2) is 47.6 Å². The summed E-state index contributed by atoms with van der Waals surface area (Å²) in [5, 5.41) is 12.7. The normalized spacial score (nSPS) is 12.9. The zero-order valence-corrected chi connectivity index (χ0v) is 11.8. The van der Waals surface area contributed by atoms with E-state index in [2.05, 4.69) is 5.32 Å². The van der Waals surface area contributed by atoms with Crippen molar-refractivity contribution in [2.45, 2.75) is 45.7 Å². The first-order valence-corrected chi connectivity index (χ1v) is 6.30. The second-order valence-electron chi connectivity index (χ2n) is 4.25. The first-order valence-electron chi connectivity index (χ1n) is 6.30. The molecule has 114 valence electrons. The first-order chi connectivity index (χ1) is 9.29. The first kappa shape index (κ1) is 17.9. The minimum Gasteiger partial charge on any atom is -0.480 e. The van der Waals surface area contributed by atoms with E-state index in [4.69, 9.17) is 9.84 Å². The van der Waals surface area contributed by atoms with Crippen molar-refractivity contribution in [1.29, 1.82) is 0 Å². The Bertz CT molecular complexity index is 382. The van der Waals surface area contributed by atoms with Crippen LogP contribution in [0.3, 0.4) is 0 Å². The summed E-state index contributed by atoms with van der Waals surface area (Å²) >= 11 is 0. The van der Waals surface area contributed by atoms with Crippen molar-refractivity contribution in [3.05, 3.63) is 0 Å². The zero-order valence-electron chi connectivity index (χ0n) is 11.8. The number of carbonyl (C=O) groups is 4. The van der Waals surface area contributed by atoms with Gasteiger partial charge < -0.3 is 20.5 Å². The van der Waals surface area contributed by atoms with Crippen LogP contribution in [0.15, 0.2) is 0 Å². The highest BCUT2D eigenvalue weighted by Gasteiger charge is 2.24. The molecule has 0 bridgehead atoms. The van der Waals surface area contributed by atoms with Crippen molar-refractivity contribution in [2.24, 2.45) is 0 Å². The van der Waals surface area contributed by atoms with Crippen LogP contribution in [-0.2, 0) is 23.9 Å². The summed E-state index contributed by atoms with van der Waals surface area (Å²) in [7, 11) is 0. The predicted molar refractivity (Wildman–Crippen MR) is 68.7 cm³/mol. The molecule has 0 radical (unpaired) electrons. The highest BCUT2D eigenvalue weighted by atomic mass is 16.5. The van der Waals surface area contributed by atoms with Gasteiger partial charge in [-0.2, -0.15) is 0 Å². The van der Waals surface area contributed by atoms with Crippen LogP contribution in [0.25, 0.3) is 0 Å². The summed E-state index contributed by atoms with van der Waals surface area (Å²) in [6.45, 7) is 4.78. The lowest BCUT2D eigenvalue weighted by molar-refractivity contribution is -0.149. The predicted octanol–water partition coefficient (Wildman–Crippen LogP) is -0.576. The molecule has 0 rings (SSSR count). The van der Waals surface area contributed by atoms with Gasteiger partial charge in [-0.1, -0.05) is 13.3 Å². The summed E-state index contributed by atoms with van der Waals surface area (Å²) in [4.78, 5) is 44.7. The molecule has 0 fully saturated rings. The van der Waals surface area contributed by atoms with E-state index in [9.17, 15) is 19.2 Å². The van der Waals surface area contributed by atoms with Gasteiger partial charge >= 0.3 is 23.8 Å². The molecule has 0 spiro atoms. The Balaban J connectivity index is 4.21. The molecule has 3 N–H and O–H groups in total. The van der Waals surface area contributed by atoms with E-state index in [0.29, 0.717) is 6.42 Å². The van der Waals surface area contributed by atoms with Crippen LogP contribution < -0.4 is 10.6 Å². The Morgan fingerprint density at radius 3 is 2.00 bits per heavy atom. The average Bonchev–Trinajstić information content (AvgIpc) is 2.38. The number of carbonyl (C=O) groups excluding carboxylic acids is 3. The Morgan fingerprint density at radius 2 is 1.55 bits per heavy atom. The van der Waals surface area contributed by atoms with Gasteiger partial charge in [0, 0.05) is 0 Å². The molecule has 0 saturated carbocycles. The number of hydrogen-bond donors (Lipinski definition) is 3. The molecule has 0 aromatic rings. The SMILES string of the molecule is CCCCOC(=O)[C@H](C)NC(=O)C(=O)N[C@@H](C)C(=O)O. The van der Waals surface area contributed by atoms with E-state index in [1.165, 1.54) is 13.8 Å². The molecular weight excluding hydrogens is 268 g/mol. The van der Waals surface area contributed by atoms with Gasteiger partial charge in [0.2, 0.25) is 0 Å². The molecule has 8 nitrogen and oxygen atoms in total. The van der Waals surface area contributed by atoms with E-state index >= 15 is 0 Å². The van der Waals surface area contributed by atoms with E-state index in [1.807, 2.05) is 12.2 Å². The summed E-state index contributed by atoms with van der Waals surface area (Å²) in [6.07, 6.45) is 1.58. The number of rotatable bonds is 7. The summed E-state index contributed by atoms with van der Waals surface area (Å²) in [5.41, 5.74) is 0. The third-order valence-corrected chi connectivity index (χ3v) is 2.37. The lowest BCUT2D eigenvalue weighted by Gasteiger charge is -2.14. The maximum absolute atomic E-state index is 11.4. The highest BCUT2D eigenvalue weighted by molar-refractivity contribution is 6.35. The molecule has 0 unspecified atom stereocenters. The monoisotopic (exact) mass is 288 g/mol. The third-order valence-electron chi connectivity index (χ3n) is 2.37. The van der Waals surface area contributed by atoms with Crippen molar-refractivity contribution >= 4 is 23.8 Å². The minimum absolute atomic E-state index is 0.248. The molecule has 0 aromatic heterocycles. The molecule has 2 atom stereocenters. The van der Waals surface area contributed by atoms with Crippen molar-refractivity contribution in [3.63, 3.8) is 0 Å². The molecule has 0 heterocycles. The zero-order chi connectivity index (χ0) is 15.7. The molecule has 0 saturated heterocycles. The van der Waals surface area contributed by atoms with Crippen LogP contribution in [0.1, 0.15) is 33.6 Å². The second kappa shape index (κ2) is 8.89. The minimum atomic E-state index is -1.27. The number of ether oxygens (including phenoxy) is 1. The molecule has 0 aliphatic carbocycles. The molecular formula is C12H20N2O6. The largest absolute Gasteiger partial charge is 0.480 e. The lowest BCUT2D eigenvalue weighted by Crippen LogP contribution is -2.50. The van der Waals surface area contributed by atoms with Crippen molar-refractivity contribution in [3.8, 4) is 0 Å². The smallest absolute Gasteiger partial charge is 0.328 e. The second-order valence-corrected chi connectivity index (χ2v) is 4.25. The van der Waals surface area contributed by atoms with E-state index in [0.717, 1.165) is 6.42 Å². The standard InChI is InChI=1S/C12H20N2O6/c1-4-5-6-20-12(19)8(3)14-10(16)9(15)13-7(2)11(17)18/h7-8H,4-6H2,1-3H3,(H,13,15)(H,14,16)(H,17,18)/t7-,8-/m0/s1. The van der Waals surface area contributed by atoms with Crippen molar-refractivity contribution in [2.75, 3.05) is 6.61 Å². The number of hydrogen-bond acceptors (Lipinski definition) is 5. The maximum Gasteiger partial charge on any atom is 0.328 e. The molecule has 0 aromatic carbocycles. The van der Waals surface area contributed by atoms with Gasteiger partial charge in [-0.25, -0.2) is 4.79 Å². The van der Waals surface area contributed by atoms with Gasteiger partial charge in [-0.15, -0.1) is 0 Å². The van der Waals surface area contributed by atoms with Gasteiger partial charge in [0.05, 0.1) is 6.61 Å². The fourth-order valence-electron chi connectivity index (χ4n) is 1.09. The lowest BCUT2D eigenvalue weighted by atomic mass is 10.3. The molecule has 8 heteroatoms. The van der Waals surface area contributed by atoms with Crippen LogP contribution in [0.4, 0.5) is 0 Å². The third kappa shape index (κ3) is 6.72. The maximum atomic E-state index is 11.4. The van der Waals surface area contributed by atoms with Crippen LogP contribution >= 0.6 is 0 Å². The number of nitrogens with one attached hydrogen (secondary N) is 2. The summed E-state index contributed by atoms with van der Waals surface area (Å²) in [5.74, 6) is -4.12. The van der Waals surface area contributed by atoms with Gasteiger partial charge in [-0.05, 0) is 20.3 Å². The topological polar surface area (TPSA) is 122 Å². The van der Waals surface area contributed by atoms with E-state index in [1.54, 1.807) is 0 Å². The number of unbranched alkanes of at least 4 members (excludes halogenated alkanes) is 1. The molecule has 0 aliphatic heterocycles. The van der Waals surface area contributed by atoms with Crippen molar-refractivity contribution in [1.82, 2.24) is 10.6 Å². The van der Waals surface area contributed by atoms with Crippen LogP contribution in [0.2, 0.25) is 0 Å². The summed E-state index contributed by atoms with van der Waals surface area (Å²) < 4.78 is 4.86. The Morgan fingerprint density at radius 1 is 1.05 bits per heavy atom. The van der Waals surface area contributed by atoms with Crippen LogP contribution in [0.5, 0.6) is 0 Å². The number of carboxylic acids is 1. The molecule has 20 heavy (non-hydrogen) atoms. The molecule has 0 aliphatic rings. The average molecular weight is 288 g/mol. The Labute approximate surface area is 116 Å². The Kier molecular flexibility index (Phi) is 7.95. The van der Waals surface area contributed by atoms with Gasteiger partial charge in [0.25, 0.3) is 0 Å². The Hall–Kier alpha value is -2.12. The number of aliphatic carboxylic acids is 1. The number of amides is 2. The fourth-order valence-corrected chi connectivity index (χ4v) is 1.09. The van der Waals surface area contributed by atoms with Gasteiger partial charge in [0.15, 0.2) is 0 Å². The quantitative estimate of drug-likeness (QED) is 0.327. The van der Waals surface area contributed by atoms with Crippen LogP contribution in [0, 0.1) is 0 Å². The number of carboxylic acid groups (broad SMARTS) is 1. The van der Waals surface area contributed by atoms with Crippen molar-refractivity contribution < 1.29 is 29.0 Å². The number of esters is 1. The fraction of sp³-hybridized carbons (Fsp3) is 0.667. The molecule has 2 amide bonds.